The number of halogens is 1. The Labute approximate surface area is 145 Å². The highest BCUT2D eigenvalue weighted by atomic mass is 19.1. The third kappa shape index (κ3) is 3.55. The van der Waals surface area contributed by atoms with Gasteiger partial charge in [0.25, 0.3) is 5.91 Å². The first-order valence-electron chi connectivity index (χ1n) is 8.58. The molecule has 2 aliphatic rings. The molecule has 2 unspecified atom stereocenters. The zero-order valence-electron chi connectivity index (χ0n) is 13.7. The molecule has 2 aliphatic carbocycles. The molecular formula is C20H19FN2O2. The number of benzene rings is 2. The van der Waals surface area contributed by atoms with E-state index in [1.165, 1.54) is 12.1 Å². The minimum atomic E-state index is -0.277. The standard InChI is InChI=1S/C20H19FN2O2/c21-13-7-5-12(6-8-13)16-11-17(16)20(25)23-18-4-2-1-3-15(18)19(24)22-14-9-10-14/h1-8,14,16-17H,9-11H2,(H,22,24)(H,23,25). The Bertz CT molecular complexity index is 815. The highest BCUT2D eigenvalue weighted by Gasteiger charge is 2.44. The van der Waals surface area contributed by atoms with Crippen molar-refractivity contribution in [3.05, 3.63) is 65.5 Å². The van der Waals surface area contributed by atoms with E-state index in [1.54, 1.807) is 36.4 Å². The van der Waals surface area contributed by atoms with Crippen molar-refractivity contribution in [2.75, 3.05) is 5.32 Å². The zero-order chi connectivity index (χ0) is 17.4. The molecule has 5 heteroatoms. The molecule has 0 aromatic heterocycles. The molecule has 0 bridgehead atoms. The number of nitrogens with one attached hydrogen (secondary N) is 2. The number of hydrogen-bond donors (Lipinski definition) is 2. The Morgan fingerprint density at radius 1 is 1.00 bits per heavy atom. The SMILES string of the molecule is O=C(NC1CC1)c1ccccc1NC(=O)C1CC1c1ccc(F)cc1. The summed E-state index contributed by atoms with van der Waals surface area (Å²) in [5.41, 5.74) is 2.00. The molecule has 2 amide bonds. The van der Waals surface area contributed by atoms with Gasteiger partial charge in [0, 0.05) is 12.0 Å². The molecule has 2 aromatic rings. The average Bonchev–Trinajstić information content (AvgIpc) is 3.50. The molecular weight excluding hydrogens is 319 g/mol. The summed E-state index contributed by atoms with van der Waals surface area (Å²) in [4.78, 5) is 24.8. The van der Waals surface area contributed by atoms with Crippen LogP contribution in [0.15, 0.2) is 48.5 Å². The highest BCUT2D eigenvalue weighted by Crippen LogP contribution is 2.48. The third-order valence-electron chi connectivity index (χ3n) is 4.77. The van der Waals surface area contributed by atoms with Crippen LogP contribution in [0.1, 0.15) is 41.1 Å². The van der Waals surface area contributed by atoms with Crippen molar-refractivity contribution >= 4 is 17.5 Å². The van der Waals surface area contributed by atoms with Gasteiger partial charge in [0.05, 0.1) is 11.3 Å². The van der Waals surface area contributed by atoms with Crippen LogP contribution in [0.3, 0.4) is 0 Å². The molecule has 0 aliphatic heterocycles. The van der Waals surface area contributed by atoms with Crippen LogP contribution >= 0.6 is 0 Å². The van der Waals surface area contributed by atoms with E-state index in [0.717, 1.165) is 24.8 Å². The van der Waals surface area contributed by atoms with Gasteiger partial charge in [-0.2, -0.15) is 0 Å². The van der Waals surface area contributed by atoms with Crippen LogP contribution in [-0.2, 0) is 4.79 Å². The summed E-state index contributed by atoms with van der Waals surface area (Å²) in [5, 5.41) is 5.83. The molecule has 4 nitrogen and oxygen atoms in total. The first-order valence-corrected chi connectivity index (χ1v) is 8.58. The van der Waals surface area contributed by atoms with Crippen LogP contribution in [0.4, 0.5) is 10.1 Å². The van der Waals surface area contributed by atoms with Gasteiger partial charge in [-0.05, 0) is 55.0 Å². The first kappa shape index (κ1) is 15.8. The minimum absolute atomic E-state index is 0.0963. The van der Waals surface area contributed by atoms with Crippen molar-refractivity contribution in [2.24, 2.45) is 5.92 Å². The van der Waals surface area contributed by atoms with Crippen LogP contribution in [0.5, 0.6) is 0 Å². The number of carbonyl (C=O) groups excluding carboxylic acids is 2. The van der Waals surface area contributed by atoms with Gasteiger partial charge >= 0.3 is 0 Å². The lowest BCUT2D eigenvalue weighted by molar-refractivity contribution is -0.117. The van der Waals surface area contributed by atoms with Gasteiger partial charge in [-0.1, -0.05) is 24.3 Å². The summed E-state index contributed by atoms with van der Waals surface area (Å²) in [7, 11) is 0. The van der Waals surface area contributed by atoms with Crippen molar-refractivity contribution in [1.82, 2.24) is 5.32 Å². The molecule has 0 heterocycles. The van der Waals surface area contributed by atoms with Crippen LogP contribution in [-0.4, -0.2) is 17.9 Å². The quantitative estimate of drug-likeness (QED) is 0.877. The number of anilines is 1. The van der Waals surface area contributed by atoms with E-state index in [0.29, 0.717) is 11.3 Å². The van der Waals surface area contributed by atoms with Gasteiger partial charge in [-0.3, -0.25) is 9.59 Å². The molecule has 128 valence electrons. The molecule has 2 saturated carbocycles. The lowest BCUT2D eigenvalue weighted by Gasteiger charge is -2.11. The van der Waals surface area contributed by atoms with Gasteiger partial charge in [-0.25, -0.2) is 4.39 Å². The van der Waals surface area contributed by atoms with Crippen molar-refractivity contribution < 1.29 is 14.0 Å². The van der Waals surface area contributed by atoms with Gasteiger partial charge in [-0.15, -0.1) is 0 Å². The molecule has 25 heavy (non-hydrogen) atoms. The molecule has 2 atom stereocenters. The van der Waals surface area contributed by atoms with Crippen molar-refractivity contribution in [1.29, 1.82) is 0 Å². The van der Waals surface area contributed by atoms with Crippen molar-refractivity contribution in [3.8, 4) is 0 Å². The van der Waals surface area contributed by atoms with Crippen molar-refractivity contribution in [3.63, 3.8) is 0 Å². The number of hydrogen-bond acceptors (Lipinski definition) is 2. The Morgan fingerprint density at radius 3 is 2.44 bits per heavy atom. The molecule has 2 fully saturated rings. The Hall–Kier alpha value is -2.69. The Kier molecular flexibility index (Phi) is 3.99. The van der Waals surface area contributed by atoms with Gasteiger partial charge in [0.15, 0.2) is 0 Å². The molecule has 2 N–H and O–H groups in total. The summed E-state index contributed by atoms with van der Waals surface area (Å²) in [6, 6.07) is 13.6. The average molecular weight is 338 g/mol. The second-order valence-corrected chi connectivity index (χ2v) is 6.78. The monoisotopic (exact) mass is 338 g/mol. The summed E-state index contributed by atoms with van der Waals surface area (Å²) >= 11 is 0. The van der Waals surface area contributed by atoms with E-state index in [-0.39, 0.29) is 35.5 Å². The fourth-order valence-corrected chi connectivity index (χ4v) is 3.07. The van der Waals surface area contributed by atoms with Crippen molar-refractivity contribution in [2.45, 2.75) is 31.2 Å². The number of amides is 2. The fraction of sp³-hybridized carbons (Fsp3) is 0.300. The summed E-state index contributed by atoms with van der Waals surface area (Å²) in [6.45, 7) is 0. The summed E-state index contributed by atoms with van der Waals surface area (Å²) in [6.07, 6.45) is 2.78. The highest BCUT2D eigenvalue weighted by molar-refractivity contribution is 6.05. The lowest BCUT2D eigenvalue weighted by Crippen LogP contribution is -2.27. The predicted octanol–water partition coefficient (Wildman–Crippen LogP) is 3.46. The largest absolute Gasteiger partial charge is 0.349 e. The minimum Gasteiger partial charge on any atom is -0.349 e. The van der Waals surface area contributed by atoms with Crippen LogP contribution in [0, 0.1) is 11.7 Å². The van der Waals surface area contributed by atoms with Gasteiger partial charge in [0.2, 0.25) is 5.91 Å². The van der Waals surface area contributed by atoms with Crippen LogP contribution in [0.2, 0.25) is 0 Å². The van der Waals surface area contributed by atoms with E-state index in [9.17, 15) is 14.0 Å². The first-order chi connectivity index (χ1) is 12.1. The van der Waals surface area contributed by atoms with E-state index in [4.69, 9.17) is 0 Å². The smallest absolute Gasteiger partial charge is 0.253 e. The molecule has 2 aromatic carbocycles. The lowest BCUT2D eigenvalue weighted by atomic mass is 10.1. The molecule has 0 radical (unpaired) electrons. The van der Waals surface area contributed by atoms with E-state index in [1.807, 2.05) is 0 Å². The number of carbonyl (C=O) groups is 2. The predicted molar refractivity (Wildman–Crippen MR) is 92.8 cm³/mol. The maximum atomic E-state index is 13.0. The van der Waals surface area contributed by atoms with Gasteiger partial charge < -0.3 is 10.6 Å². The van der Waals surface area contributed by atoms with Gasteiger partial charge in [0.1, 0.15) is 5.82 Å². The summed E-state index contributed by atoms with van der Waals surface area (Å²) in [5.74, 6) is -0.538. The number of para-hydroxylation sites is 1. The molecule has 4 rings (SSSR count). The topological polar surface area (TPSA) is 58.2 Å². The Morgan fingerprint density at radius 2 is 1.72 bits per heavy atom. The molecule has 0 saturated heterocycles. The maximum absolute atomic E-state index is 13.0. The van der Waals surface area contributed by atoms with Crippen LogP contribution in [0.25, 0.3) is 0 Å². The second kappa shape index (κ2) is 6.31. The second-order valence-electron chi connectivity index (χ2n) is 6.78. The molecule has 0 spiro atoms. The summed E-state index contributed by atoms with van der Waals surface area (Å²) < 4.78 is 13.0. The van der Waals surface area contributed by atoms with Crippen LogP contribution < -0.4 is 10.6 Å². The fourth-order valence-electron chi connectivity index (χ4n) is 3.07. The van der Waals surface area contributed by atoms with E-state index >= 15 is 0 Å². The van der Waals surface area contributed by atoms with E-state index in [2.05, 4.69) is 10.6 Å². The maximum Gasteiger partial charge on any atom is 0.253 e. The Balaban J connectivity index is 1.43. The third-order valence-corrected chi connectivity index (χ3v) is 4.77. The van der Waals surface area contributed by atoms with E-state index < -0.39 is 0 Å². The zero-order valence-corrected chi connectivity index (χ0v) is 13.7. The number of rotatable bonds is 5. The normalized spacial score (nSPS) is 21.5.